The van der Waals surface area contributed by atoms with Crippen LogP contribution in [0.4, 0.5) is 30.2 Å². The van der Waals surface area contributed by atoms with E-state index in [1.54, 1.807) is 24.3 Å². The van der Waals surface area contributed by atoms with Crippen molar-refractivity contribution < 1.29 is 27.8 Å². The number of hydrogen-bond donors (Lipinski definition) is 1. The van der Waals surface area contributed by atoms with Crippen LogP contribution in [-0.4, -0.2) is 16.1 Å². The van der Waals surface area contributed by atoms with Crippen molar-refractivity contribution in [2.24, 2.45) is 5.10 Å². The molecule has 0 aliphatic rings. The maximum atomic E-state index is 13.0. The van der Waals surface area contributed by atoms with Gasteiger partial charge in [0.1, 0.15) is 18.0 Å². The molecule has 0 saturated heterocycles. The Morgan fingerprint density at radius 1 is 0.919 bits per heavy atom. The first kappa shape index (κ1) is 25.1. The van der Waals surface area contributed by atoms with Gasteiger partial charge < -0.3 is 4.74 Å². The first-order valence-corrected chi connectivity index (χ1v) is 10.7. The van der Waals surface area contributed by atoms with Gasteiger partial charge in [-0.1, -0.05) is 30.3 Å². The fourth-order valence-corrected chi connectivity index (χ4v) is 3.53. The fourth-order valence-electron chi connectivity index (χ4n) is 3.53. The minimum atomic E-state index is -4.73. The molecule has 37 heavy (non-hydrogen) atoms. The van der Waals surface area contributed by atoms with Gasteiger partial charge in [0.2, 0.25) is 0 Å². The van der Waals surface area contributed by atoms with Gasteiger partial charge in [0.05, 0.1) is 21.6 Å². The van der Waals surface area contributed by atoms with Gasteiger partial charge in [-0.15, -0.1) is 0 Å². The second-order valence-corrected chi connectivity index (χ2v) is 7.77. The van der Waals surface area contributed by atoms with Gasteiger partial charge in [0.15, 0.2) is 0 Å². The minimum absolute atomic E-state index is 0.0503. The lowest BCUT2D eigenvalue weighted by Crippen LogP contribution is -2.07. The first-order chi connectivity index (χ1) is 17.6. The molecule has 0 unspecified atom stereocenters. The molecule has 0 atom stereocenters. The molecule has 4 rings (SSSR count). The lowest BCUT2D eigenvalue weighted by atomic mass is 10.0. The van der Waals surface area contributed by atoms with Crippen LogP contribution in [0.15, 0.2) is 84.0 Å². The van der Waals surface area contributed by atoms with Crippen molar-refractivity contribution >= 4 is 34.0 Å². The second kappa shape index (κ2) is 10.3. The Morgan fingerprint density at radius 2 is 1.65 bits per heavy atom. The molecule has 0 aliphatic carbocycles. The summed E-state index contributed by atoms with van der Waals surface area (Å²) in [4.78, 5) is 20.7. The molecule has 4 aromatic rings. The Balaban J connectivity index is 1.62. The standard InChI is InChI=1S/C25H17F3N4O5/c26-25(27,28)18-8-11-22(23(13-18)32(35)36)30-29-14-21-20-4-2-1-3-17(20)7-12-24(21)37-15-16-5-9-19(10-6-16)31(33)34/h1-14,30H,15H2/b29-14-. The number of nitrogens with zero attached hydrogens (tertiary/aromatic N) is 3. The zero-order valence-electron chi connectivity index (χ0n) is 18.8. The molecule has 1 N–H and O–H groups in total. The number of hydrogen-bond acceptors (Lipinski definition) is 7. The Labute approximate surface area is 207 Å². The number of halogens is 3. The average molecular weight is 510 g/mol. The molecular formula is C25H17F3N4O5. The van der Waals surface area contributed by atoms with E-state index in [0.717, 1.165) is 22.9 Å². The summed E-state index contributed by atoms with van der Waals surface area (Å²) >= 11 is 0. The average Bonchev–Trinajstić information content (AvgIpc) is 2.87. The topological polar surface area (TPSA) is 120 Å². The highest BCUT2D eigenvalue weighted by molar-refractivity contribution is 6.02. The summed E-state index contributed by atoms with van der Waals surface area (Å²) < 4.78 is 44.8. The van der Waals surface area contributed by atoms with Crippen molar-refractivity contribution in [1.82, 2.24) is 0 Å². The molecule has 0 aromatic heterocycles. The lowest BCUT2D eigenvalue weighted by molar-refractivity contribution is -0.384. The maximum Gasteiger partial charge on any atom is 0.416 e. The predicted octanol–water partition coefficient (Wildman–Crippen LogP) is 6.70. The summed E-state index contributed by atoms with van der Waals surface area (Å²) in [7, 11) is 0. The van der Waals surface area contributed by atoms with Gasteiger partial charge in [0, 0.05) is 23.8 Å². The summed E-state index contributed by atoms with van der Waals surface area (Å²) in [6.45, 7) is 0.0922. The lowest BCUT2D eigenvalue weighted by Gasteiger charge is -2.12. The number of hydrazone groups is 1. The molecule has 0 spiro atoms. The third-order valence-corrected chi connectivity index (χ3v) is 5.37. The van der Waals surface area contributed by atoms with Crippen molar-refractivity contribution in [1.29, 1.82) is 0 Å². The number of ether oxygens (including phenoxy) is 1. The molecule has 0 fully saturated rings. The van der Waals surface area contributed by atoms with Crippen LogP contribution in [0.5, 0.6) is 5.75 Å². The normalized spacial score (nSPS) is 11.5. The van der Waals surface area contributed by atoms with E-state index in [2.05, 4.69) is 10.5 Å². The number of alkyl halides is 3. The Kier molecular flexibility index (Phi) is 7.00. The van der Waals surface area contributed by atoms with Crippen LogP contribution in [0.1, 0.15) is 16.7 Å². The van der Waals surface area contributed by atoms with E-state index in [0.29, 0.717) is 22.9 Å². The van der Waals surface area contributed by atoms with Crippen LogP contribution in [0.3, 0.4) is 0 Å². The number of rotatable bonds is 8. The van der Waals surface area contributed by atoms with E-state index in [-0.39, 0.29) is 18.0 Å². The van der Waals surface area contributed by atoms with Gasteiger partial charge in [-0.25, -0.2) is 0 Å². The molecule has 12 heteroatoms. The SMILES string of the molecule is O=[N+]([O-])c1ccc(COc2ccc3ccccc3c2/C=N\Nc2ccc(C(F)(F)F)cc2[N+](=O)[O-])cc1. The van der Waals surface area contributed by atoms with Crippen LogP contribution in [0.2, 0.25) is 0 Å². The number of nitro groups is 2. The van der Waals surface area contributed by atoms with Gasteiger partial charge in [-0.3, -0.25) is 25.7 Å². The Hall–Kier alpha value is -5.00. The molecule has 188 valence electrons. The van der Waals surface area contributed by atoms with Crippen molar-refractivity contribution in [2.75, 3.05) is 5.43 Å². The van der Waals surface area contributed by atoms with Crippen LogP contribution in [0.25, 0.3) is 10.8 Å². The molecule has 0 bridgehead atoms. The maximum absolute atomic E-state index is 13.0. The highest BCUT2D eigenvalue weighted by Crippen LogP contribution is 2.35. The van der Waals surface area contributed by atoms with Crippen molar-refractivity contribution in [3.8, 4) is 5.75 Å². The zero-order chi connectivity index (χ0) is 26.6. The van der Waals surface area contributed by atoms with Gasteiger partial charge >= 0.3 is 6.18 Å². The van der Waals surface area contributed by atoms with Gasteiger partial charge in [-0.2, -0.15) is 18.3 Å². The third kappa shape index (κ3) is 5.81. The first-order valence-electron chi connectivity index (χ1n) is 10.7. The van der Waals surface area contributed by atoms with Crippen LogP contribution >= 0.6 is 0 Å². The van der Waals surface area contributed by atoms with E-state index in [9.17, 15) is 33.4 Å². The number of nitro benzene ring substituents is 2. The number of non-ortho nitro benzene ring substituents is 1. The van der Waals surface area contributed by atoms with E-state index >= 15 is 0 Å². The monoisotopic (exact) mass is 510 g/mol. The number of fused-ring (bicyclic) bond motifs is 1. The van der Waals surface area contributed by atoms with Crippen molar-refractivity contribution in [3.63, 3.8) is 0 Å². The van der Waals surface area contributed by atoms with Crippen LogP contribution < -0.4 is 10.2 Å². The number of benzene rings is 4. The molecule has 0 aliphatic heterocycles. The molecule has 4 aromatic carbocycles. The van der Waals surface area contributed by atoms with Crippen LogP contribution in [-0.2, 0) is 12.8 Å². The smallest absolute Gasteiger partial charge is 0.416 e. The Morgan fingerprint density at radius 3 is 2.32 bits per heavy atom. The quantitative estimate of drug-likeness (QED) is 0.160. The summed E-state index contributed by atoms with van der Waals surface area (Å²) in [5.74, 6) is 0.407. The largest absolute Gasteiger partial charge is 0.488 e. The number of nitrogens with one attached hydrogen (secondary N) is 1. The highest BCUT2D eigenvalue weighted by Gasteiger charge is 2.33. The summed E-state index contributed by atoms with van der Waals surface area (Å²) in [5, 5.41) is 27.8. The van der Waals surface area contributed by atoms with E-state index in [1.165, 1.54) is 18.3 Å². The van der Waals surface area contributed by atoms with Crippen molar-refractivity contribution in [3.05, 3.63) is 116 Å². The van der Waals surface area contributed by atoms with Crippen LogP contribution in [0, 0.1) is 20.2 Å². The van der Waals surface area contributed by atoms with E-state index < -0.39 is 27.3 Å². The molecule has 0 saturated carbocycles. The second-order valence-electron chi connectivity index (χ2n) is 7.77. The molecule has 0 amide bonds. The highest BCUT2D eigenvalue weighted by atomic mass is 19.4. The van der Waals surface area contributed by atoms with E-state index in [1.807, 2.05) is 24.3 Å². The summed E-state index contributed by atoms with van der Waals surface area (Å²) in [6, 6.07) is 18.8. The molecule has 9 nitrogen and oxygen atoms in total. The number of anilines is 1. The van der Waals surface area contributed by atoms with Gasteiger partial charge in [-0.05, 0) is 46.7 Å². The fraction of sp³-hybridized carbons (Fsp3) is 0.0800. The Bertz CT molecular complexity index is 1500. The summed E-state index contributed by atoms with van der Waals surface area (Å²) in [5.41, 5.74) is 1.45. The predicted molar refractivity (Wildman–Crippen MR) is 131 cm³/mol. The third-order valence-electron chi connectivity index (χ3n) is 5.37. The van der Waals surface area contributed by atoms with E-state index in [4.69, 9.17) is 4.74 Å². The molecule has 0 heterocycles. The molecular weight excluding hydrogens is 493 g/mol. The van der Waals surface area contributed by atoms with Gasteiger partial charge in [0.25, 0.3) is 11.4 Å². The molecule has 0 radical (unpaired) electrons. The summed E-state index contributed by atoms with van der Waals surface area (Å²) in [6.07, 6.45) is -3.37. The van der Waals surface area contributed by atoms with Crippen molar-refractivity contribution in [2.45, 2.75) is 12.8 Å². The minimum Gasteiger partial charge on any atom is -0.488 e. The zero-order valence-corrected chi connectivity index (χ0v) is 18.8.